The Morgan fingerprint density at radius 2 is 1.81 bits per heavy atom. The molecule has 0 bridgehead atoms. The highest BCUT2D eigenvalue weighted by Crippen LogP contribution is 2.23. The molecular weight excluding hydrogens is 396 g/mol. The quantitative estimate of drug-likeness (QED) is 0.310. The molecule has 0 aliphatic carbocycles. The van der Waals surface area contributed by atoms with Crippen molar-refractivity contribution in [3.05, 3.63) is 71.6 Å². The highest BCUT2D eigenvalue weighted by Gasteiger charge is 2.31. The van der Waals surface area contributed by atoms with Crippen molar-refractivity contribution in [3.63, 3.8) is 0 Å². The summed E-state index contributed by atoms with van der Waals surface area (Å²) in [5.41, 5.74) is 2.91. The fraction of sp³-hybridized carbons (Fsp3) is 0.292. The maximum absolute atomic E-state index is 11.4. The molecule has 1 aromatic heterocycles. The number of benzene rings is 2. The summed E-state index contributed by atoms with van der Waals surface area (Å²) in [6, 6.07) is 17.2. The SMILES string of the molecule is Cc1oc(-c2ccccc2)nc1COc1ccc(CCCCC2NC(=O)OC2=O)cc1. The third kappa shape index (κ3) is 5.31. The van der Waals surface area contributed by atoms with Crippen molar-refractivity contribution in [2.45, 2.75) is 45.3 Å². The topological polar surface area (TPSA) is 90.7 Å². The second kappa shape index (κ2) is 9.47. The number of oxazole rings is 1. The number of rotatable bonds is 9. The van der Waals surface area contributed by atoms with Gasteiger partial charge >= 0.3 is 12.1 Å². The van der Waals surface area contributed by atoms with Crippen LogP contribution in [0.2, 0.25) is 0 Å². The summed E-state index contributed by atoms with van der Waals surface area (Å²) in [6.07, 6.45) is 2.57. The summed E-state index contributed by atoms with van der Waals surface area (Å²) >= 11 is 0. The Morgan fingerprint density at radius 3 is 2.52 bits per heavy atom. The number of carbonyl (C=O) groups excluding carboxylic acids is 2. The molecule has 31 heavy (non-hydrogen) atoms. The summed E-state index contributed by atoms with van der Waals surface area (Å²) in [4.78, 5) is 27.0. The van der Waals surface area contributed by atoms with Crippen molar-refractivity contribution in [1.29, 1.82) is 0 Å². The Morgan fingerprint density at radius 1 is 1.03 bits per heavy atom. The summed E-state index contributed by atoms with van der Waals surface area (Å²) in [5.74, 6) is 1.63. The van der Waals surface area contributed by atoms with Crippen molar-refractivity contribution in [2.75, 3.05) is 0 Å². The van der Waals surface area contributed by atoms with Crippen LogP contribution in [0.15, 0.2) is 59.0 Å². The van der Waals surface area contributed by atoms with Gasteiger partial charge in [0, 0.05) is 5.56 Å². The summed E-state index contributed by atoms with van der Waals surface area (Å²) in [6.45, 7) is 2.22. The van der Waals surface area contributed by atoms with Gasteiger partial charge in [0.1, 0.15) is 29.9 Å². The average Bonchev–Trinajstić information content (AvgIpc) is 3.32. The third-order valence-electron chi connectivity index (χ3n) is 5.19. The lowest BCUT2D eigenvalue weighted by Gasteiger charge is -2.07. The molecule has 3 aromatic rings. The summed E-state index contributed by atoms with van der Waals surface area (Å²) < 4.78 is 16.1. The van der Waals surface area contributed by atoms with E-state index in [1.54, 1.807) is 0 Å². The minimum atomic E-state index is -0.650. The van der Waals surface area contributed by atoms with Crippen LogP contribution < -0.4 is 10.1 Å². The first kappa shape index (κ1) is 20.7. The number of aryl methyl sites for hydroxylation is 2. The molecule has 1 atom stereocenters. The monoisotopic (exact) mass is 420 g/mol. The molecule has 1 amide bonds. The minimum absolute atomic E-state index is 0.338. The van der Waals surface area contributed by atoms with E-state index in [1.807, 2.05) is 61.5 Å². The minimum Gasteiger partial charge on any atom is -0.487 e. The maximum Gasteiger partial charge on any atom is 0.415 e. The number of carbonyl (C=O) groups is 2. The number of alkyl carbamates (subject to hydrolysis) is 1. The number of nitrogens with zero attached hydrogens (tertiary/aromatic N) is 1. The van der Waals surface area contributed by atoms with E-state index >= 15 is 0 Å². The van der Waals surface area contributed by atoms with Gasteiger partial charge in [-0.15, -0.1) is 0 Å². The van der Waals surface area contributed by atoms with Crippen molar-refractivity contribution in [2.24, 2.45) is 0 Å². The molecule has 0 radical (unpaired) electrons. The number of nitrogens with one attached hydrogen (secondary N) is 1. The van der Waals surface area contributed by atoms with Crippen molar-refractivity contribution >= 4 is 12.1 Å². The average molecular weight is 420 g/mol. The first-order chi connectivity index (χ1) is 15.1. The number of cyclic esters (lactones) is 2. The molecule has 7 nitrogen and oxygen atoms in total. The molecule has 2 heterocycles. The van der Waals surface area contributed by atoms with E-state index in [4.69, 9.17) is 9.15 Å². The molecule has 4 rings (SSSR count). The van der Waals surface area contributed by atoms with Crippen LogP contribution >= 0.6 is 0 Å². The summed E-state index contributed by atoms with van der Waals surface area (Å²) in [5, 5.41) is 2.51. The van der Waals surface area contributed by atoms with Gasteiger partial charge in [0.2, 0.25) is 5.89 Å². The molecule has 1 fully saturated rings. The Balaban J connectivity index is 1.23. The molecule has 1 N–H and O–H groups in total. The van der Waals surface area contributed by atoms with Crippen LogP contribution in [-0.2, 0) is 22.6 Å². The number of esters is 1. The van der Waals surface area contributed by atoms with Gasteiger partial charge in [-0.25, -0.2) is 14.6 Å². The van der Waals surface area contributed by atoms with Gasteiger partial charge in [-0.05, 0) is 56.0 Å². The first-order valence-corrected chi connectivity index (χ1v) is 10.3. The molecule has 1 aliphatic rings. The van der Waals surface area contributed by atoms with Crippen LogP contribution in [0, 0.1) is 6.92 Å². The Bertz CT molecular complexity index is 1040. The highest BCUT2D eigenvalue weighted by molar-refractivity contribution is 5.95. The van der Waals surface area contributed by atoms with Gasteiger partial charge in [-0.2, -0.15) is 0 Å². The zero-order valence-electron chi connectivity index (χ0n) is 17.3. The summed E-state index contributed by atoms with van der Waals surface area (Å²) in [7, 11) is 0. The predicted octanol–water partition coefficient (Wildman–Crippen LogP) is 4.58. The number of amides is 1. The normalized spacial score (nSPS) is 15.6. The van der Waals surface area contributed by atoms with Crippen LogP contribution in [0.3, 0.4) is 0 Å². The zero-order chi connectivity index (χ0) is 21.6. The van der Waals surface area contributed by atoms with Gasteiger partial charge < -0.3 is 19.2 Å². The zero-order valence-corrected chi connectivity index (χ0v) is 17.3. The van der Waals surface area contributed by atoms with E-state index in [-0.39, 0.29) is 0 Å². The van der Waals surface area contributed by atoms with Crippen LogP contribution in [0.1, 0.15) is 36.3 Å². The van der Waals surface area contributed by atoms with Gasteiger partial charge in [0.05, 0.1) is 0 Å². The highest BCUT2D eigenvalue weighted by atomic mass is 16.6. The van der Waals surface area contributed by atoms with E-state index in [2.05, 4.69) is 15.0 Å². The molecule has 160 valence electrons. The van der Waals surface area contributed by atoms with Crippen molar-refractivity contribution < 1.29 is 23.5 Å². The maximum atomic E-state index is 11.4. The molecule has 0 spiro atoms. The molecule has 0 saturated carbocycles. The second-order valence-corrected chi connectivity index (χ2v) is 7.47. The number of hydrogen-bond acceptors (Lipinski definition) is 6. The molecular formula is C24H24N2O5. The molecule has 1 aliphatic heterocycles. The lowest BCUT2D eigenvalue weighted by atomic mass is 10.0. The van der Waals surface area contributed by atoms with Crippen LogP contribution in [0.25, 0.3) is 11.5 Å². The second-order valence-electron chi connectivity index (χ2n) is 7.47. The standard InChI is InChI=1S/C24H24N2O5/c1-16-21(25-22(30-16)18-8-3-2-4-9-18)15-29-19-13-11-17(12-14-19)7-5-6-10-20-23(27)31-24(28)26-20/h2-4,8-9,11-14,20H,5-7,10,15H2,1H3,(H,26,28). The number of hydrogen-bond donors (Lipinski definition) is 1. The van der Waals surface area contributed by atoms with Crippen LogP contribution in [0.5, 0.6) is 5.75 Å². The van der Waals surface area contributed by atoms with Crippen molar-refractivity contribution in [1.82, 2.24) is 10.3 Å². The molecule has 7 heteroatoms. The van der Waals surface area contributed by atoms with Gasteiger partial charge in [-0.3, -0.25) is 0 Å². The lowest BCUT2D eigenvalue weighted by Crippen LogP contribution is -2.28. The number of aromatic nitrogens is 1. The molecule has 1 saturated heterocycles. The van der Waals surface area contributed by atoms with Gasteiger partial charge in [-0.1, -0.05) is 36.8 Å². The first-order valence-electron chi connectivity index (χ1n) is 10.3. The van der Waals surface area contributed by atoms with E-state index in [9.17, 15) is 9.59 Å². The number of ether oxygens (including phenoxy) is 2. The Kier molecular flexibility index (Phi) is 6.31. The molecule has 1 unspecified atom stereocenters. The van der Waals surface area contributed by atoms with Gasteiger partial charge in [0.15, 0.2) is 0 Å². The van der Waals surface area contributed by atoms with E-state index in [0.29, 0.717) is 18.9 Å². The fourth-order valence-corrected chi connectivity index (χ4v) is 3.43. The Hall–Kier alpha value is -3.61. The number of unbranched alkanes of at least 4 members (excludes halogenated alkanes) is 1. The third-order valence-corrected chi connectivity index (χ3v) is 5.19. The van der Waals surface area contributed by atoms with E-state index in [0.717, 1.165) is 42.0 Å². The van der Waals surface area contributed by atoms with Crippen molar-refractivity contribution in [3.8, 4) is 17.2 Å². The lowest BCUT2D eigenvalue weighted by molar-refractivity contribution is -0.135. The van der Waals surface area contributed by atoms with Gasteiger partial charge in [0.25, 0.3) is 0 Å². The largest absolute Gasteiger partial charge is 0.487 e. The fourth-order valence-electron chi connectivity index (χ4n) is 3.43. The van der Waals surface area contributed by atoms with Crippen LogP contribution in [-0.4, -0.2) is 23.1 Å². The molecule has 2 aromatic carbocycles. The smallest absolute Gasteiger partial charge is 0.415 e. The predicted molar refractivity (Wildman–Crippen MR) is 113 cm³/mol. The van der Waals surface area contributed by atoms with E-state index < -0.39 is 18.1 Å². The van der Waals surface area contributed by atoms with E-state index in [1.165, 1.54) is 5.56 Å². The van der Waals surface area contributed by atoms with Crippen LogP contribution in [0.4, 0.5) is 4.79 Å². The Labute approximate surface area is 180 Å².